The van der Waals surface area contributed by atoms with Crippen LogP contribution in [0.4, 0.5) is 0 Å². The molecule has 2 aliphatic carbocycles. The topological polar surface area (TPSA) is 84.9 Å². The Morgan fingerprint density at radius 2 is 2.05 bits per heavy atom. The number of allylic oxidation sites excluding steroid dienone is 7. The zero-order chi connectivity index (χ0) is 26.4. The third-order valence-electron chi connectivity index (χ3n) is 8.20. The average molecular weight is 522 g/mol. The van der Waals surface area contributed by atoms with Gasteiger partial charge in [0.15, 0.2) is 6.16 Å². The van der Waals surface area contributed by atoms with E-state index in [2.05, 4.69) is 51.3 Å². The van der Waals surface area contributed by atoms with E-state index in [0.29, 0.717) is 19.2 Å². The van der Waals surface area contributed by atoms with E-state index in [-0.39, 0.29) is 5.41 Å². The van der Waals surface area contributed by atoms with Crippen LogP contribution in [-0.2, 0) is 11.0 Å². The standard InChI is InChI=1S/C31H41N2O3P/c1-4-25-19-29(32)30-20-31(13-11-22(2)17-28(25)31)14-12-24(21-33-30)7-8-26-9-10-27(18-23(26)3)36-15-5-6-16-37(34)35/h9-10,12,17-18,21H,4-8,11,13-16,19-20,32H2,1-3H3/p+1. The highest BCUT2D eigenvalue weighted by molar-refractivity contribution is 7.37. The molecule has 2 unspecified atom stereocenters. The first-order chi connectivity index (χ1) is 17.8. The molecule has 4 rings (SSSR count). The Bertz CT molecular complexity index is 1190. The van der Waals surface area contributed by atoms with Crippen molar-refractivity contribution in [1.29, 1.82) is 0 Å². The van der Waals surface area contributed by atoms with Crippen molar-refractivity contribution in [2.24, 2.45) is 16.1 Å². The highest BCUT2D eigenvalue weighted by Crippen LogP contribution is 2.52. The summed E-state index contributed by atoms with van der Waals surface area (Å²) in [4.78, 5) is 13.9. The summed E-state index contributed by atoms with van der Waals surface area (Å²) < 4.78 is 16.6. The van der Waals surface area contributed by atoms with Gasteiger partial charge in [0.2, 0.25) is 0 Å². The maximum absolute atomic E-state index is 10.8. The van der Waals surface area contributed by atoms with Gasteiger partial charge in [-0.3, -0.25) is 4.99 Å². The molecule has 0 aromatic heterocycles. The van der Waals surface area contributed by atoms with Crippen LogP contribution in [0, 0.1) is 12.3 Å². The largest absolute Gasteiger partial charge is 0.505 e. The van der Waals surface area contributed by atoms with Crippen LogP contribution in [0.15, 0.2) is 69.0 Å². The minimum atomic E-state index is -2.04. The van der Waals surface area contributed by atoms with Crippen molar-refractivity contribution < 1.29 is 14.2 Å². The maximum Gasteiger partial charge on any atom is 0.505 e. The quantitative estimate of drug-likeness (QED) is 0.245. The molecule has 0 radical (unpaired) electrons. The van der Waals surface area contributed by atoms with Crippen molar-refractivity contribution in [2.45, 2.75) is 85.0 Å². The average Bonchev–Trinajstić information content (AvgIpc) is 2.98. The van der Waals surface area contributed by atoms with E-state index in [0.717, 1.165) is 68.5 Å². The summed E-state index contributed by atoms with van der Waals surface area (Å²) in [6.07, 6.45) is 16.9. The SMILES string of the molecule is CCC1=C2C=C(C)CCC23CC=C(CCc2ccc(OCCCC[P+](=O)O)cc2C)C=NC(=C(N)C1)C3. The number of aryl methyl sites for hydroxylation is 2. The number of ether oxygens (including phenoxy) is 1. The summed E-state index contributed by atoms with van der Waals surface area (Å²) in [6, 6.07) is 6.30. The van der Waals surface area contributed by atoms with Crippen molar-refractivity contribution in [3.05, 3.63) is 75.2 Å². The second kappa shape index (κ2) is 12.4. The molecule has 5 nitrogen and oxygen atoms in total. The van der Waals surface area contributed by atoms with Gasteiger partial charge in [-0.1, -0.05) is 36.3 Å². The third kappa shape index (κ3) is 6.89. The van der Waals surface area contributed by atoms with Crippen molar-refractivity contribution in [1.82, 2.24) is 0 Å². The number of fused-ring (bicyclic) bond motifs is 1. The van der Waals surface area contributed by atoms with Gasteiger partial charge in [-0.25, -0.2) is 0 Å². The van der Waals surface area contributed by atoms with Crippen LogP contribution >= 0.6 is 8.03 Å². The molecule has 1 spiro atoms. The minimum Gasteiger partial charge on any atom is -0.494 e. The highest BCUT2D eigenvalue weighted by atomic mass is 31.1. The van der Waals surface area contributed by atoms with Gasteiger partial charge in [0.1, 0.15) is 5.75 Å². The highest BCUT2D eigenvalue weighted by Gasteiger charge is 2.39. The molecular formula is C31H42N2O3P+. The first kappa shape index (κ1) is 27.5. The molecule has 3 aliphatic rings. The van der Waals surface area contributed by atoms with Crippen molar-refractivity contribution in [2.75, 3.05) is 12.8 Å². The zero-order valence-electron chi connectivity index (χ0n) is 22.7. The Morgan fingerprint density at radius 3 is 2.81 bits per heavy atom. The molecule has 0 saturated carbocycles. The second-order valence-electron chi connectivity index (χ2n) is 10.9. The number of nitrogens with two attached hydrogens (primary N) is 1. The van der Waals surface area contributed by atoms with Gasteiger partial charge in [0, 0.05) is 30.2 Å². The van der Waals surface area contributed by atoms with Crippen molar-refractivity contribution in [3.63, 3.8) is 0 Å². The fourth-order valence-corrected chi connectivity index (χ4v) is 6.35. The Hall–Kier alpha value is -2.49. The summed E-state index contributed by atoms with van der Waals surface area (Å²) in [7, 11) is -2.04. The van der Waals surface area contributed by atoms with E-state index >= 15 is 0 Å². The molecule has 1 heterocycles. The fourth-order valence-electron chi connectivity index (χ4n) is 5.86. The number of aliphatic imine (C=N–C) groups is 1. The van der Waals surface area contributed by atoms with Gasteiger partial charge >= 0.3 is 8.03 Å². The number of rotatable bonds is 10. The number of hydrogen-bond acceptors (Lipinski definition) is 4. The summed E-state index contributed by atoms with van der Waals surface area (Å²) in [6.45, 7) is 7.22. The van der Waals surface area contributed by atoms with E-state index in [4.69, 9.17) is 20.4 Å². The Morgan fingerprint density at radius 1 is 1.22 bits per heavy atom. The van der Waals surface area contributed by atoms with Gasteiger partial charge in [-0.2, -0.15) is 4.89 Å². The fraction of sp³-hybridized carbons (Fsp3) is 0.516. The number of hydrogen-bond donors (Lipinski definition) is 2. The monoisotopic (exact) mass is 521 g/mol. The minimum absolute atomic E-state index is 0.117. The van der Waals surface area contributed by atoms with Gasteiger partial charge < -0.3 is 10.5 Å². The van der Waals surface area contributed by atoms with Crippen LogP contribution in [0.25, 0.3) is 0 Å². The molecule has 3 N–H and O–H groups in total. The molecule has 0 fully saturated rings. The summed E-state index contributed by atoms with van der Waals surface area (Å²) >= 11 is 0. The summed E-state index contributed by atoms with van der Waals surface area (Å²) in [5.74, 6) is 0.860. The zero-order valence-corrected chi connectivity index (χ0v) is 23.6. The Kier molecular flexibility index (Phi) is 9.21. The predicted molar refractivity (Wildman–Crippen MR) is 153 cm³/mol. The molecular weight excluding hydrogens is 479 g/mol. The lowest BCUT2D eigenvalue weighted by atomic mass is 9.65. The molecule has 1 aromatic rings. The van der Waals surface area contributed by atoms with E-state index in [9.17, 15) is 4.57 Å². The van der Waals surface area contributed by atoms with E-state index < -0.39 is 8.03 Å². The van der Waals surface area contributed by atoms with Crippen molar-refractivity contribution in [3.8, 4) is 5.75 Å². The number of unbranched alkanes of at least 4 members (excludes halogenated alkanes) is 1. The first-order valence-electron chi connectivity index (χ1n) is 13.8. The van der Waals surface area contributed by atoms with E-state index in [1.807, 2.05) is 6.07 Å². The molecule has 1 aromatic carbocycles. The molecule has 0 saturated heterocycles. The predicted octanol–water partition coefficient (Wildman–Crippen LogP) is 7.62. The van der Waals surface area contributed by atoms with Crippen molar-refractivity contribution >= 4 is 14.2 Å². The van der Waals surface area contributed by atoms with Crippen LogP contribution in [0.2, 0.25) is 0 Å². The normalized spacial score (nSPS) is 22.0. The lowest BCUT2D eigenvalue weighted by Crippen LogP contribution is -2.27. The maximum atomic E-state index is 10.8. The molecule has 2 bridgehead atoms. The van der Waals surface area contributed by atoms with Gasteiger partial charge in [-0.15, -0.1) is 0 Å². The van der Waals surface area contributed by atoms with Crippen LogP contribution < -0.4 is 10.5 Å². The number of nitrogens with zero attached hydrogens (tertiary/aromatic N) is 1. The van der Waals surface area contributed by atoms with Gasteiger partial charge in [-0.05, 0) is 104 Å². The smallest absolute Gasteiger partial charge is 0.494 e. The molecule has 0 amide bonds. The second-order valence-corrected chi connectivity index (χ2v) is 12.1. The first-order valence-corrected chi connectivity index (χ1v) is 15.2. The van der Waals surface area contributed by atoms with Gasteiger partial charge in [0.05, 0.1) is 12.3 Å². The van der Waals surface area contributed by atoms with Crippen LogP contribution in [0.3, 0.4) is 0 Å². The van der Waals surface area contributed by atoms with Crippen LogP contribution in [-0.4, -0.2) is 23.9 Å². The molecule has 1 aliphatic heterocycles. The summed E-state index contributed by atoms with van der Waals surface area (Å²) in [5.41, 5.74) is 17.1. The third-order valence-corrected chi connectivity index (χ3v) is 8.90. The van der Waals surface area contributed by atoms with Crippen LogP contribution in [0.1, 0.15) is 82.8 Å². The Labute approximate surface area is 223 Å². The molecule has 2 atom stereocenters. The lowest BCUT2D eigenvalue weighted by Gasteiger charge is -2.39. The van der Waals surface area contributed by atoms with E-state index in [1.54, 1.807) is 0 Å². The molecule has 37 heavy (non-hydrogen) atoms. The Balaban J connectivity index is 1.45. The van der Waals surface area contributed by atoms with Gasteiger partial charge in [0.25, 0.3) is 0 Å². The van der Waals surface area contributed by atoms with E-state index in [1.165, 1.54) is 39.8 Å². The molecule has 198 valence electrons. The van der Waals surface area contributed by atoms with Crippen LogP contribution in [0.5, 0.6) is 5.75 Å². The number of benzene rings is 1. The summed E-state index contributed by atoms with van der Waals surface area (Å²) in [5, 5.41) is 0. The molecule has 6 heteroatoms. The lowest BCUT2D eigenvalue weighted by molar-refractivity contribution is 0.309.